The highest BCUT2D eigenvalue weighted by molar-refractivity contribution is 5.88. The molecule has 0 fully saturated rings. The predicted molar refractivity (Wildman–Crippen MR) is 96.2 cm³/mol. The number of anilines is 1. The van der Waals surface area contributed by atoms with Gasteiger partial charge in [0.05, 0.1) is 0 Å². The van der Waals surface area contributed by atoms with E-state index < -0.39 is 0 Å². The van der Waals surface area contributed by atoms with Gasteiger partial charge in [0.2, 0.25) is 0 Å². The summed E-state index contributed by atoms with van der Waals surface area (Å²) in [5.41, 5.74) is 3.53. The zero-order valence-electron chi connectivity index (χ0n) is 15.1. The number of carbonyl (C=O) groups is 1. The van der Waals surface area contributed by atoms with Crippen LogP contribution in [-0.4, -0.2) is 27.3 Å². The van der Waals surface area contributed by atoms with Gasteiger partial charge in [-0.25, -0.2) is 4.79 Å². The van der Waals surface area contributed by atoms with Crippen LogP contribution < -0.4 is 5.32 Å². The predicted octanol–water partition coefficient (Wildman–Crippen LogP) is 4.10. The highest BCUT2D eigenvalue weighted by atomic mass is 16.2. The first kappa shape index (κ1) is 16.6. The Balaban J connectivity index is 1.78. The van der Waals surface area contributed by atoms with Crippen molar-refractivity contribution in [3.8, 4) is 0 Å². The van der Waals surface area contributed by atoms with Crippen molar-refractivity contribution in [1.29, 1.82) is 0 Å². The van der Waals surface area contributed by atoms with Crippen LogP contribution in [0.15, 0.2) is 30.3 Å². The van der Waals surface area contributed by atoms with E-state index in [2.05, 4.69) is 56.3 Å². The first-order valence-corrected chi connectivity index (χ1v) is 8.48. The quantitative estimate of drug-likeness (QED) is 0.903. The van der Waals surface area contributed by atoms with Gasteiger partial charge < -0.3 is 4.90 Å². The molecule has 0 aliphatic carbocycles. The lowest BCUT2D eigenvalue weighted by molar-refractivity contribution is 0.186. The van der Waals surface area contributed by atoms with Gasteiger partial charge in [-0.1, -0.05) is 38.1 Å². The molecule has 5 nitrogen and oxygen atoms in total. The van der Waals surface area contributed by atoms with E-state index in [1.54, 1.807) is 0 Å². The number of rotatable bonds is 2. The van der Waals surface area contributed by atoms with Crippen molar-refractivity contribution in [2.75, 3.05) is 11.9 Å². The monoisotopic (exact) mass is 326 g/mol. The second-order valence-electron chi connectivity index (χ2n) is 7.54. The van der Waals surface area contributed by atoms with Crippen molar-refractivity contribution in [2.45, 2.75) is 52.6 Å². The van der Waals surface area contributed by atoms with Crippen LogP contribution in [0.25, 0.3) is 0 Å². The number of carbonyl (C=O) groups excluding carboxylic acids is 1. The minimum atomic E-state index is -0.0917. The van der Waals surface area contributed by atoms with E-state index in [-0.39, 0.29) is 17.5 Å². The van der Waals surface area contributed by atoms with Gasteiger partial charge in [0.15, 0.2) is 5.82 Å². The number of aryl methyl sites for hydroxylation is 1. The van der Waals surface area contributed by atoms with E-state index in [0.717, 1.165) is 5.69 Å². The van der Waals surface area contributed by atoms with Crippen molar-refractivity contribution < 1.29 is 4.79 Å². The minimum absolute atomic E-state index is 0.0562. The maximum atomic E-state index is 12.7. The van der Waals surface area contributed by atoms with Crippen LogP contribution >= 0.6 is 0 Å². The zero-order chi connectivity index (χ0) is 17.5. The molecule has 1 aliphatic heterocycles. The molecule has 0 atom stereocenters. The summed E-state index contributed by atoms with van der Waals surface area (Å²) in [5, 5.41) is 7.43. The highest BCUT2D eigenvalue weighted by Gasteiger charge is 2.33. The van der Waals surface area contributed by atoms with Gasteiger partial charge >= 0.3 is 6.03 Å². The molecule has 3 rings (SSSR count). The normalized spacial score (nSPS) is 16.2. The Morgan fingerprint density at radius 3 is 2.67 bits per heavy atom. The molecule has 1 aromatic carbocycles. The number of nitrogens with one attached hydrogen (secondary N) is 1. The number of amides is 2. The summed E-state index contributed by atoms with van der Waals surface area (Å²) in [6.07, 6.45) is 0. The number of urea groups is 1. The third kappa shape index (κ3) is 3.03. The second-order valence-corrected chi connectivity index (χ2v) is 7.54. The molecule has 0 radical (unpaired) electrons. The average Bonchev–Trinajstić information content (AvgIpc) is 2.87. The van der Waals surface area contributed by atoms with Crippen LogP contribution in [0.4, 0.5) is 10.6 Å². The fraction of sp³-hybridized carbons (Fsp3) is 0.474. The number of fused-ring (bicyclic) bond motifs is 1. The molecule has 2 heterocycles. The van der Waals surface area contributed by atoms with Crippen LogP contribution in [0.3, 0.4) is 0 Å². The maximum absolute atomic E-state index is 12.7. The summed E-state index contributed by atoms with van der Waals surface area (Å²) in [4.78, 5) is 14.6. The molecule has 2 aromatic rings. The largest absolute Gasteiger partial charge is 0.323 e. The molecule has 128 valence electrons. The van der Waals surface area contributed by atoms with E-state index in [4.69, 9.17) is 0 Å². The molecule has 0 saturated heterocycles. The SMILES string of the molecule is Cc1cc(NC(=O)N2Cc3ccccc3C(C)(C)C2)nn1C(C)C. The lowest BCUT2D eigenvalue weighted by Gasteiger charge is -2.39. The molecular formula is C19H26N4O. The third-order valence-electron chi connectivity index (χ3n) is 4.63. The second kappa shape index (κ2) is 5.96. The maximum Gasteiger partial charge on any atom is 0.323 e. The Kier molecular flexibility index (Phi) is 4.11. The van der Waals surface area contributed by atoms with Crippen molar-refractivity contribution >= 4 is 11.8 Å². The molecule has 1 aromatic heterocycles. The standard InChI is InChI=1S/C19H26N4O/c1-13(2)23-14(3)10-17(21-23)20-18(24)22-11-15-8-6-7-9-16(15)19(4,5)12-22/h6-10,13H,11-12H2,1-5H3,(H,20,21,24). The van der Waals surface area contributed by atoms with E-state index in [1.165, 1.54) is 11.1 Å². The first-order valence-electron chi connectivity index (χ1n) is 8.48. The zero-order valence-corrected chi connectivity index (χ0v) is 15.1. The summed E-state index contributed by atoms with van der Waals surface area (Å²) in [5.74, 6) is 0.614. The van der Waals surface area contributed by atoms with Crippen molar-refractivity contribution in [3.63, 3.8) is 0 Å². The Hall–Kier alpha value is -2.30. The van der Waals surface area contributed by atoms with Crippen LogP contribution in [-0.2, 0) is 12.0 Å². The van der Waals surface area contributed by atoms with E-state index in [9.17, 15) is 4.79 Å². The number of nitrogens with zero attached hydrogens (tertiary/aromatic N) is 3. The molecule has 0 saturated carbocycles. The van der Waals surface area contributed by atoms with Crippen molar-refractivity contribution in [3.05, 3.63) is 47.2 Å². The summed E-state index contributed by atoms with van der Waals surface area (Å²) in [7, 11) is 0. The van der Waals surface area contributed by atoms with Crippen molar-refractivity contribution in [1.82, 2.24) is 14.7 Å². The molecule has 24 heavy (non-hydrogen) atoms. The van der Waals surface area contributed by atoms with Gasteiger partial charge in [-0.15, -0.1) is 0 Å². The molecule has 5 heteroatoms. The van der Waals surface area contributed by atoms with E-state index >= 15 is 0 Å². The Labute approximate surface area is 143 Å². The van der Waals surface area contributed by atoms with Crippen LogP contribution in [0.5, 0.6) is 0 Å². The number of aromatic nitrogens is 2. The van der Waals surface area contributed by atoms with Gasteiger partial charge in [0.1, 0.15) is 0 Å². The highest BCUT2D eigenvalue weighted by Crippen LogP contribution is 2.33. The average molecular weight is 326 g/mol. The fourth-order valence-electron chi connectivity index (χ4n) is 3.55. The Morgan fingerprint density at radius 2 is 2.00 bits per heavy atom. The summed E-state index contributed by atoms with van der Waals surface area (Å²) in [6.45, 7) is 11.9. The van der Waals surface area contributed by atoms with E-state index in [0.29, 0.717) is 18.9 Å². The molecule has 0 unspecified atom stereocenters. The number of hydrogen-bond donors (Lipinski definition) is 1. The molecule has 1 aliphatic rings. The van der Waals surface area contributed by atoms with Crippen LogP contribution in [0.1, 0.15) is 50.6 Å². The van der Waals surface area contributed by atoms with Crippen LogP contribution in [0.2, 0.25) is 0 Å². The number of hydrogen-bond acceptors (Lipinski definition) is 2. The summed E-state index contributed by atoms with van der Waals surface area (Å²) < 4.78 is 1.92. The minimum Gasteiger partial charge on any atom is -0.319 e. The van der Waals surface area contributed by atoms with Gasteiger partial charge in [0, 0.05) is 36.3 Å². The number of benzene rings is 1. The Bertz CT molecular complexity index is 760. The van der Waals surface area contributed by atoms with E-state index in [1.807, 2.05) is 28.6 Å². The summed E-state index contributed by atoms with van der Waals surface area (Å²) in [6, 6.07) is 10.5. The van der Waals surface area contributed by atoms with Crippen molar-refractivity contribution in [2.24, 2.45) is 0 Å². The first-order chi connectivity index (χ1) is 11.3. The molecular weight excluding hydrogens is 300 g/mol. The topological polar surface area (TPSA) is 50.2 Å². The van der Waals surface area contributed by atoms with Gasteiger partial charge in [-0.2, -0.15) is 5.10 Å². The Morgan fingerprint density at radius 1 is 1.29 bits per heavy atom. The third-order valence-corrected chi connectivity index (χ3v) is 4.63. The van der Waals surface area contributed by atoms with Gasteiger partial charge in [-0.05, 0) is 31.9 Å². The molecule has 0 bridgehead atoms. The molecule has 0 spiro atoms. The fourth-order valence-corrected chi connectivity index (χ4v) is 3.55. The lowest BCUT2D eigenvalue weighted by atomic mass is 9.78. The van der Waals surface area contributed by atoms with Gasteiger partial charge in [0.25, 0.3) is 0 Å². The molecule has 1 N–H and O–H groups in total. The lowest BCUT2D eigenvalue weighted by Crippen LogP contribution is -2.46. The van der Waals surface area contributed by atoms with Gasteiger partial charge in [-0.3, -0.25) is 10.00 Å². The molecule has 2 amide bonds. The summed E-state index contributed by atoms with van der Waals surface area (Å²) >= 11 is 0. The van der Waals surface area contributed by atoms with Crippen LogP contribution in [0, 0.1) is 6.92 Å². The smallest absolute Gasteiger partial charge is 0.319 e.